The molecule has 0 saturated heterocycles. The molecule has 1 aliphatic heterocycles. The van der Waals surface area contributed by atoms with E-state index in [4.69, 9.17) is 4.74 Å². The Bertz CT molecular complexity index is 379. The second-order valence-corrected chi connectivity index (χ2v) is 4.81. The molecule has 0 aliphatic carbocycles. The fraction of sp³-hybridized carbons (Fsp3) is 0.400. The van der Waals surface area contributed by atoms with E-state index in [2.05, 4.69) is 21.2 Å². The van der Waals surface area contributed by atoms with Crippen LogP contribution in [0.1, 0.15) is 13.8 Å². The highest BCUT2D eigenvalue weighted by molar-refractivity contribution is 9.10. The standard InChI is InChI=1S/C10H11BrFNO/c1-10(2)5-13-7-4-3-6(11)8(12)9(7)14-10/h3-4,13H,5H2,1-2H3. The summed E-state index contributed by atoms with van der Waals surface area (Å²) in [5.41, 5.74) is 0.347. The Labute approximate surface area is 90.6 Å². The van der Waals surface area contributed by atoms with Gasteiger partial charge in [-0.3, -0.25) is 0 Å². The molecular formula is C10H11BrFNO. The average Bonchev–Trinajstić information content (AvgIpc) is 2.11. The summed E-state index contributed by atoms with van der Waals surface area (Å²) in [6.07, 6.45) is 0. The summed E-state index contributed by atoms with van der Waals surface area (Å²) in [6.45, 7) is 4.52. The van der Waals surface area contributed by atoms with Crippen LogP contribution < -0.4 is 10.1 Å². The summed E-state index contributed by atoms with van der Waals surface area (Å²) in [6, 6.07) is 3.47. The van der Waals surface area contributed by atoms with E-state index in [0.717, 1.165) is 0 Å². The number of hydrogen-bond donors (Lipinski definition) is 1. The number of rotatable bonds is 0. The molecule has 0 aromatic heterocycles. The minimum absolute atomic E-state index is 0.302. The van der Waals surface area contributed by atoms with Gasteiger partial charge in [-0.15, -0.1) is 0 Å². The van der Waals surface area contributed by atoms with Gasteiger partial charge < -0.3 is 10.1 Å². The fourth-order valence-electron chi connectivity index (χ4n) is 1.39. The van der Waals surface area contributed by atoms with Crippen LogP contribution in [-0.4, -0.2) is 12.1 Å². The van der Waals surface area contributed by atoms with Crippen molar-refractivity contribution >= 4 is 21.6 Å². The quantitative estimate of drug-likeness (QED) is 0.773. The molecule has 0 radical (unpaired) electrons. The van der Waals surface area contributed by atoms with Gasteiger partial charge in [-0.25, -0.2) is 4.39 Å². The summed E-state index contributed by atoms with van der Waals surface area (Å²) < 4.78 is 19.6. The van der Waals surface area contributed by atoms with Gasteiger partial charge >= 0.3 is 0 Å². The molecule has 4 heteroatoms. The SMILES string of the molecule is CC1(C)CNc2ccc(Br)c(F)c2O1. The lowest BCUT2D eigenvalue weighted by atomic mass is 10.1. The fourth-order valence-corrected chi connectivity index (χ4v) is 1.70. The third-order valence-electron chi connectivity index (χ3n) is 2.13. The Kier molecular flexibility index (Phi) is 2.18. The van der Waals surface area contributed by atoms with E-state index in [-0.39, 0.29) is 11.4 Å². The highest BCUT2D eigenvalue weighted by Crippen LogP contribution is 2.38. The molecule has 14 heavy (non-hydrogen) atoms. The number of benzene rings is 1. The molecule has 0 saturated carbocycles. The van der Waals surface area contributed by atoms with Crippen LogP contribution >= 0.6 is 15.9 Å². The molecule has 1 aliphatic rings. The summed E-state index contributed by atoms with van der Waals surface area (Å²) in [5.74, 6) is -0.0431. The van der Waals surface area contributed by atoms with Crippen molar-refractivity contribution < 1.29 is 9.13 Å². The van der Waals surface area contributed by atoms with Gasteiger partial charge in [-0.2, -0.15) is 0 Å². The van der Waals surface area contributed by atoms with Crippen molar-refractivity contribution in [3.8, 4) is 5.75 Å². The third kappa shape index (κ3) is 1.59. The van der Waals surface area contributed by atoms with Crippen molar-refractivity contribution in [2.45, 2.75) is 19.4 Å². The van der Waals surface area contributed by atoms with Crippen molar-refractivity contribution in [3.05, 3.63) is 22.4 Å². The first-order chi connectivity index (χ1) is 6.49. The second-order valence-electron chi connectivity index (χ2n) is 3.95. The highest BCUT2D eigenvalue weighted by Gasteiger charge is 2.29. The van der Waals surface area contributed by atoms with Gasteiger partial charge in [0.05, 0.1) is 16.7 Å². The zero-order chi connectivity index (χ0) is 10.3. The zero-order valence-corrected chi connectivity index (χ0v) is 9.61. The van der Waals surface area contributed by atoms with E-state index in [0.29, 0.717) is 22.5 Å². The molecule has 0 unspecified atom stereocenters. The lowest BCUT2D eigenvalue weighted by Gasteiger charge is -2.33. The van der Waals surface area contributed by atoms with Crippen LogP contribution in [0.25, 0.3) is 0 Å². The molecule has 2 rings (SSSR count). The van der Waals surface area contributed by atoms with E-state index in [1.807, 2.05) is 13.8 Å². The first kappa shape index (κ1) is 9.77. The molecule has 1 N–H and O–H groups in total. The monoisotopic (exact) mass is 259 g/mol. The maximum Gasteiger partial charge on any atom is 0.181 e. The normalized spacial score (nSPS) is 18.0. The van der Waals surface area contributed by atoms with Crippen LogP contribution in [0, 0.1) is 5.82 Å². The Hall–Kier alpha value is -0.770. The van der Waals surface area contributed by atoms with Gasteiger partial charge in [0.15, 0.2) is 11.6 Å². The van der Waals surface area contributed by atoms with Gasteiger partial charge in [0.2, 0.25) is 0 Å². The summed E-state index contributed by atoms with van der Waals surface area (Å²) in [4.78, 5) is 0. The van der Waals surface area contributed by atoms with Crippen LogP contribution in [-0.2, 0) is 0 Å². The second kappa shape index (κ2) is 3.12. The van der Waals surface area contributed by atoms with Crippen molar-refractivity contribution in [1.29, 1.82) is 0 Å². The van der Waals surface area contributed by atoms with Crippen molar-refractivity contribution in [1.82, 2.24) is 0 Å². The third-order valence-corrected chi connectivity index (χ3v) is 2.75. The number of hydrogen-bond acceptors (Lipinski definition) is 2. The Balaban J connectivity index is 2.49. The first-order valence-corrected chi connectivity index (χ1v) is 5.20. The van der Waals surface area contributed by atoms with Crippen molar-refractivity contribution in [3.63, 3.8) is 0 Å². The molecular weight excluding hydrogens is 249 g/mol. The smallest absolute Gasteiger partial charge is 0.181 e. The van der Waals surface area contributed by atoms with E-state index >= 15 is 0 Å². The Morgan fingerprint density at radius 1 is 1.50 bits per heavy atom. The lowest BCUT2D eigenvalue weighted by Crippen LogP contribution is -2.40. The summed E-state index contributed by atoms with van der Waals surface area (Å²) >= 11 is 3.13. The number of nitrogens with one attached hydrogen (secondary N) is 1. The molecule has 76 valence electrons. The summed E-state index contributed by atoms with van der Waals surface area (Å²) in [7, 11) is 0. The van der Waals surface area contributed by atoms with Crippen LogP contribution in [0.4, 0.5) is 10.1 Å². The maximum absolute atomic E-state index is 13.6. The topological polar surface area (TPSA) is 21.3 Å². The van der Waals surface area contributed by atoms with Gasteiger partial charge in [0, 0.05) is 0 Å². The first-order valence-electron chi connectivity index (χ1n) is 4.40. The molecule has 1 heterocycles. The molecule has 0 spiro atoms. The van der Waals surface area contributed by atoms with Gasteiger partial charge in [0.1, 0.15) is 5.60 Å². The lowest BCUT2D eigenvalue weighted by molar-refractivity contribution is 0.109. The maximum atomic E-state index is 13.6. The van der Waals surface area contributed by atoms with E-state index < -0.39 is 0 Å². The molecule has 0 atom stereocenters. The molecule has 0 fully saturated rings. The van der Waals surface area contributed by atoms with Crippen LogP contribution in [0.5, 0.6) is 5.75 Å². The van der Waals surface area contributed by atoms with Gasteiger partial charge in [0.25, 0.3) is 0 Å². The molecule has 0 bridgehead atoms. The predicted octanol–water partition coefficient (Wildman–Crippen LogP) is 3.17. The molecule has 1 aromatic rings. The number of anilines is 1. The van der Waals surface area contributed by atoms with Crippen LogP contribution in [0.2, 0.25) is 0 Å². The van der Waals surface area contributed by atoms with E-state index in [1.54, 1.807) is 12.1 Å². The largest absolute Gasteiger partial charge is 0.481 e. The number of fused-ring (bicyclic) bond motifs is 1. The number of ether oxygens (including phenoxy) is 1. The van der Waals surface area contributed by atoms with E-state index in [1.165, 1.54) is 0 Å². The van der Waals surface area contributed by atoms with E-state index in [9.17, 15) is 4.39 Å². The van der Waals surface area contributed by atoms with Gasteiger partial charge in [-0.05, 0) is 41.9 Å². The minimum Gasteiger partial charge on any atom is -0.481 e. The van der Waals surface area contributed by atoms with Crippen molar-refractivity contribution in [2.75, 3.05) is 11.9 Å². The Morgan fingerprint density at radius 3 is 2.93 bits per heavy atom. The Morgan fingerprint density at radius 2 is 2.21 bits per heavy atom. The summed E-state index contributed by atoms with van der Waals surface area (Å²) in [5, 5.41) is 3.14. The average molecular weight is 260 g/mol. The molecule has 1 aromatic carbocycles. The van der Waals surface area contributed by atoms with Crippen LogP contribution in [0.3, 0.4) is 0 Å². The molecule has 2 nitrogen and oxygen atoms in total. The minimum atomic E-state index is -0.366. The highest BCUT2D eigenvalue weighted by atomic mass is 79.9. The zero-order valence-electron chi connectivity index (χ0n) is 8.03. The molecule has 0 amide bonds. The van der Waals surface area contributed by atoms with Gasteiger partial charge in [-0.1, -0.05) is 0 Å². The van der Waals surface area contributed by atoms with Crippen LogP contribution in [0.15, 0.2) is 16.6 Å². The van der Waals surface area contributed by atoms with Crippen molar-refractivity contribution in [2.24, 2.45) is 0 Å². The number of halogens is 2. The predicted molar refractivity (Wildman–Crippen MR) is 57.3 cm³/mol.